The molecule has 0 amide bonds. The maximum absolute atomic E-state index is 5.76. The Labute approximate surface area is 121 Å². The minimum Gasteiger partial charge on any atom is -0.460 e. The predicted molar refractivity (Wildman–Crippen MR) is 79.9 cm³/mol. The molecule has 0 radical (unpaired) electrons. The zero-order valence-corrected chi connectivity index (χ0v) is 12.0. The van der Waals surface area contributed by atoms with Crippen LogP contribution in [0.5, 0.6) is 0 Å². The lowest BCUT2D eigenvalue weighted by molar-refractivity contribution is 0.157. The van der Waals surface area contributed by atoms with Crippen molar-refractivity contribution in [3.63, 3.8) is 0 Å². The van der Waals surface area contributed by atoms with Crippen LogP contribution in [0.1, 0.15) is 18.1 Å². The van der Waals surface area contributed by atoms with Crippen molar-refractivity contribution in [3.8, 4) is 11.3 Å². The number of benzene rings is 1. The van der Waals surface area contributed by atoms with Gasteiger partial charge in [0.2, 0.25) is 0 Å². The Morgan fingerprint density at radius 1 is 1.40 bits per heavy atom. The minimum absolute atomic E-state index is 0.0261. The van der Waals surface area contributed by atoms with E-state index >= 15 is 0 Å². The van der Waals surface area contributed by atoms with Crippen LogP contribution in [0.15, 0.2) is 34.1 Å². The maximum atomic E-state index is 5.76. The number of nitrogens with two attached hydrogens (primary N) is 1. The second kappa shape index (κ2) is 4.06. The van der Waals surface area contributed by atoms with Gasteiger partial charge in [-0.05, 0) is 18.1 Å². The molecule has 4 rings (SSSR count). The highest BCUT2D eigenvalue weighted by Crippen LogP contribution is 2.43. The Hall–Kier alpha value is -1.88. The van der Waals surface area contributed by atoms with Gasteiger partial charge in [-0.2, -0.15) is 0 Å². The highest BCUT2D eigenvalue weighted by Gasteiger charge is 2.48. The molecule has 2 atom stereocenters. The summed E-state index contributed by atoms with van der Waals surface area (Å²) in [7, 11) is 0. The van der Waals surface area contributed by atoms with E-state index < -0.39 is 0 Å². The summed E-state index contributed by atoms with van der Waals surface area (Å²) in [4.78, 5) is 9.03. The Kier molecular flexibility index (Phi) is 2.41. The van der Waals surface area contributed by atoms with Crippen molar-refractivity contribution >= 4 is 17.4 Å². The highest BCUT2D eigenvalue weighted by molar-refractivity contribution is 7.07. The monoisotopic (exact) mass is 285 g/mol. The molecule has 2 aliphatic rings. The first kappa shape index (κ1) is 11.9. The molecule has 102 valence electrons. The molecule has 20 heavy (non-hydrogen) atoms. The molecular weight excluding hydrogens is 270 g/mol. The normalized spacial score (nSPS) is 27.4. The molecule has 1 aromatic carbocycles. The Bertz CT molecular complexity index is 695. The molecule has 2 heterocycles. The summed E-state index contributed by atoms with van der Waals surface area (Å²) in [5.74, 6) is 0. The summed E-state index contributed by atoms with van der Waals surface area (Å²) < 4.78 is 5.57. The van der Waals surface area contributed by atoms with Gasteiger partial charge in [-0.15, -0.1) is 11.3 Å². The van der Waals surface area contributed by atoms with Crippen molar-refractivity contribution in [1.82, 2.24) is 4.98 Å². The second-order valence-corrected chi connectivity index (χ2v) is 6.20. The number of rotatable bonds is 1. The van der Waals surface area contributed by atoms with Crippen molar-refractivity contribution in [2.45, 2.75) is 31.4 Å². The topological polar surface area (TPSA) is 60.5 Å². The molecule has 0 fully saturated rings. The van der Waals surface area contributed by atoms with Crippen LogP contribution < -0.4 is 5.73 Å². The van der Waals surface area contributed by atoms with Gasteiger partial charge in [-0.3, -0.25) is 0 Å². The Balaban J connectivity index is 1.81. The molecule has 5 heteroatoms. The van der Waals surface area contributed by atoms with E-state index in [1.165, 1.54) is 16.7 Å². The number of ether oxygens (including phenoxy) is 1. The van der Waals surface area contributed by atoms with Gasteiger partial charge in [-0.25, -0.2) is 9.98 Å². The van der Waals surface area contributed by atoms with Crippen molar-refractivity contribution < 1.29 is 4.74 Å². The number of amidine groups is 1. The van der Waals surface area contributed by atoms with Crippen molar-refractivity contribution in [2.75, 3.05) is 0 Å². The molecule has 0 saturated carbocycles. The molecule has 2 N–H and O–H groups in total. The second-order valence-electron chi connectivity index (χ2n) is 5.48. The van der Waals surface area contributed by atoms with E-state index in [1.54, 1.807) is 11.3 Å². The first-order valence-corrected chi connectivity index (χ1v) is 7.63. The van der Waals surface area contributed by atoms with E-state index in [0.717, 1.165) is 18.5 Å². The van der Waals surface area contributed by atoms with Crippen LogP contribution in [0.4, 0.5) is 0 Å². The van der Waals surface area contributed by atoms with Gasteiger partial charge in [0.15, 0.2) is 0 Å². The number of hydrogen-bond acceptors (Lipinski definition) is 5. The molecule has 4 nitrogen and oxygen atoms in total. The van der Waals surface area contributed by atoms with Crippen LogP contribution >= 0.6 is 11.3 Å². The van der Waals surface area contributed by atoms with Crippen LogP contribution in [-0.4, -0.2) is 22.6 Å². The quantitative estimate of drug-likeness (QED) is 0.875. The summed E-state index contributed by atoms with van der Waals surface area (Å²) in [5, 5.41) is 2.09. The van der Waals surface area contributed by atoms with E-state index in [-0.39, 0.29) is 11.6 Å². The first-order valence-electron chi connectivity index (χ1n) is 6.69. The number of hydrogen-bond donors (Lipinski definition) is 1. The SMILES string of the molecule is CC1OC(N)=NC12Cc1cccc(-c3cscn3)c1C2. The summed E-state index contributed by atoms with van der Waals surface area (Å²) >= 11 is 1.62. The van der Waals surface area contributed by atoms with E-state index in [4.69, 9.17) is 10.5 Å². The van der Waals surface area contributed by atoms with Crippen molar-refractivity contribution in [1.29, 1.82) is 0 Å². The fourth-order valence-corrected chi connectivity index (χ4v) is 3.84. The van der Waals surface area contributed by atoms with Gasteiger partial charge in [0.1, 0.15) is 11.6 Å². The van der Waals surface area contributed by atoms with Gasteiger partial charge in [0.25, 0.3) is 6.02 Å². The van der Waals surface area contributed by atoms with Crippen LogP contribution in [0.3, 0.4) is 0 Å². The fraction of sp³-hybridized carbons (Fsp3) is 0.333. The fourth-order valence-electron chi connectivity index (χ4n) is 3.29. The molecule has 0 saturated heterocycles. The summed E-state index contributed by atoms with van der Waals surface area (Å²) in [6.07, 6.45) is 1.79. The molecule has 1 aliphatic heterocycles. The van der Waals surface area contributed by atoms with E-state index in [0.29, 0.717) is 6.02 Å². The largest absolute Gasteiger partial charge is 0.460 e. The number of nitrogens with zero attached hydrogens (tertiary/aromatic N) is 2. The van der Waals surface area contributed by atoms with Crippen LogP contribution in [-0.2, 0) is 17.6 Å². The minimum atomic E-state index is -0.224. The molecule has 1 spiro atoms. The van der Waals surface area contributed by atoms with Gasteiger partial charge in [0, 0.05) is 23.8 Å². The summed E-state index contributed by atoms with van der Waals surface area (Å²) in [6, 6.07) is 6.73. The third-order valence-corrected chi connectivity index (χ3v) is 4.93. The van der Waals surface area contributed by atoms with Gasteiger partial charge in [-0.1, -0.05) is 18.2 Å². The lowest BCUT2D eigenvalue weighted by atomic mass is 9.91. The Morgan fingerprint density at radius 2 is 2.30 bits per heavy atom. The number of fused-ring (bicyclic) bond motifs is 1. The van der Waals surface area contributed by atoms with E-state index in [1.807, 2.05) is 5.51 Å². The predicted octanol–water partition coefficient (Wildman–Crippen LogP) is 2.38. The van der Waals surface area contributed by atoms with Crippen LogP contribution in [0.2, 0.25) is 0 Å². The molecule has 2 unspecified atom stereocenters. The van der Waals surface area contributed by atoms with E-state index in [9.17, 15) is 0 Å². The van der Waals surface area contributed by atoms with Gasteiger partial charge >= 0.3 is 0 Å². The number of aromatic nitrogens is 1. The number of thiazole rings is 1. The molecule has 0 bridgehead atoms. The van der Waals surface area contributed by atoms with E-state index in [2.05, 4.69) is 40.5 Å². The molecular formula is C15H15N3OS. The third-order valence-electron chi connectivity index (χ3n) is 4.35. The third kappa shape index (κ3) is 1.59. The average Bonchev–Trinajstić information content (AvgIpc) is 3.09. The van der Waals surface area contributed by atoms with Gasteiger partial charge in [0.05, 0.1) is 11.2 Å². The standard InChI is InChI=1S/C15H15N3OS/c1-9-15(18-14(16)19-9)5-10-3-2-4-11(12(10)6-15)13-7-20-8-17-13/h2-4,7-9H,5-6H2,1H3,(H2,16,18). The zero-order valence-electron chi connectivity index (χ0n) is 11.2. The van der Waals surface area contributed by atoms with Gasteiger partial charge < -0.3 is 10.5 Å². The van der Waals surface area contributed by atoms with Crippen LogP contribution in [0.25, 0.3) is 11.3 Å². The van der Waals surface area contributed by atoms with Crippen LogP contribution in [0, 0.1) is 0 Å². The first-order chi connectivity index (χ1) is 9.68. The zero-order chi connectivity index (χ0) is 13.7. The van der Waals surface area contributed by atoms with Crippen molar-refractivity contribution in [2.24, 2.45) is 10.7 Å². The lowest BCUT2D eigenvalue weighted by Crippen LogP contribution is -2.36. The molecule has 1 aliphatic carbocycles. The lowest BCUT2D eigenvalue weighted by Gasteiger charge is -2.23. The smallest absolute Gasteiger partial charge is 0.282 e. The number of aliphatic imine (C=N–C) groups is 1. The summed E-state index contributed by atoms with van der Waals surface area (Å²) in [5.41, 5.74) is 12.4. The average molecular weight is 285 g/mol. The molecule has 2 aromatic rings. The maximum Gasteiger partial charge on any atom is 0.282 e. The molecule has 1 aromatic heterocycles. The summed E-state index contributed by atoms with van der Waals surface area (Å²) in [6.45, 7) is 2.05. The van der Waals surface area contributed by atoms with Crippen molar-refractivity contribution in [3.05, 3.63) is 40.2 Å². The highest BCUT2D eigenvalue weighted by atomic mass is 32.1. The Morgan fingerprint density at radius 3 is 3.00 bits per heavy atom.